The average molecular weight is 486 g/mol. The smallest absolute Gasteiger partial charge is 0.416 e. The quantitative estimate of drug-likeness (QED) is 0.561. The summed E-state index contributed by atoms with van der Waals surface area (Å²) in [6.07, 6.45) is -5.48. The lowest BCUT2D eigenvalue weighted by Crippen LogP contribution is -2.44. The van der Waals surface area contributed by atoms with Crippen LogP contribution in [0.5, 0.6) is 5.75 Å². The van der Waals surface area contributed by atoms with Crippen LogP contribution >= 0.6 is 0 Å². The molecule has 1 aromatic heterocycles. The summed E-state index contributed by atoms with van der Waals surface area (Å²) < 4.78 is 44.0. The molecule has 1 atom stereocenters. The first-order valence-electron chi connectivity index (χ1n) is 11.2. The highest BCUT2D eigenvalue weighted by molar-refractivity contribution is 5.94. The summed E-state index contributed by atoms with van der Waals surface area (Å²) in [5.41, 5.74) is 1.24. The van der Waals surface area contributed by atoms with E-state index in [4.69, 9.17) is 4.74 Å². The molecule has 0 aliphatic carbocycles. The molecule has 1 aliphatic heterocycles. The van der Waals surface area contributed by atoms with Crippen LogP contribution in [0.3, 0.4) is 0 Å². The third-order valence-corrected chi connectivity index (χ3v) is 5.77. The molecular formula is C25H26F3N5O2. The number of amides is 1. The number of halogens is 3. The molecule has 10 heteroatoms. The summed E-state index contributed by atoms with van der Waals surface area (Å²) in [6.45, 7) is 5.27. The number of anilines is 2. The number of hydrogen-bond acceptors (Lipinski definition) is 6. The van der Waals surface area contributed by atoms with Crippen LogP contribution in [0.2, 0.25) is 0 Å². The van der Waals surface area contributed by atoms with Crippen molar-refractivity contribution < 1.29 is 22.7 Å². The van der Waals surface area contributed by atoms with E-state index >= 15 is 0 Å². The zero-order valence-corrected chi connectivity index (χ0v) is 19.4. The molecule has 1 amide bonds. The van der Waals surface area contributed by atoms with Gasteiger partial charge in [0, 0.05) is 37.4 Å². The molecule has 1 saturated heterocycles. The highest BCUT2D eigenvalue weighted by Crippen LogP contribution is 2.31. The lowest BCUT2D eigenvalue weighted by Gasteiger charge is -2.32. The molecule has 1 fully saturated rings. The van der Waals surface area contributed by atoms with E-state index in [-0.39, 0.29) is 5.75 Å². The molecule has 3 aromatic rings. The minimum absolute atomic E-state index is 0.0311. The van der Waals surface area contributed by atoms with Crippen LogP contribution in [0.1, 0.15) is 12.5 Å². The highest BCUT2D eigenvalue weighted by atomic mass is 19.4. The van der Waals surface area contributed by atoms with Gasteiger partial charge in [-0.25, -0.2) is 0 Å². The zero-order valence-electron chi connectivity index (χ0n) is 19.4. The van der Waals surface area contributed by atoms with E-state index in [1.165, 1.54) is 19.1 Å². The Kier molecular flexibility index (Phi) is 7.20. The first-order chi connectivity index (χ1) is 16.7. The predicted octanol–water partition coefficient (Wildman–Crippen LogP) is 4.32. The lowest BCUT2D eigenvalue weighted by molar-refractivity contribution is -0.137. The van der Waals surface area contributed by atoms with E-state index in [2.05, 4.69) is 32.4 Å². The van der Waals surface area contributed by atoms with Gasteiger partial charge in [0.2, 0.25) is 0 Å². The van der Waals surface area contributed by atoms with Gasteiger partial charge in [-0.05, 0) is 56.4 Å². The van der Waals surface area contributed by atoms with Gasteiger partial charge in [0.05, 0.1) is 11.3 Å². The van der Waals surface area contributed by atoms with Crippen molar-refractivity contribution in [3.05, 3.63) is 66.2 Å². The van der Waals surface area contributed by atoms with Gasteiger partial charge < -0.3 is 19.9 Å². The molecule has 0 bridgehead atoms. The summed E-state index contributed by atoms with van der Waals surface area (Å²) >= 11 is 0. The van der Waals surface area contributed by atoms with Gasteiger partial charge >= 0.3 is 6.18 Å². The number of piperazine rings is 1. The van der Waals surface area contributed by atoms with Crippen LogP contribution < -0.4 is 15.0 Å². The SMILES string of the molecule is CC(Oc1cccc(C(F)(F)F)c1)C(=O)Nc1ccc(-c2ccc(N3CCN(C)CC3)nn2)cc1. The van der Waals surface area contributed by atoms with E-state index in [1.807, 2.05) is 24.3 Å². The number of benzene rings is 2. The normalized spacial score (nSPS) is 15.5. The lowest BCUT2D eigenvalue weighted by atomic mass is 10.1. The largest absolute Gasteiger partial charge is 0.481 e. The number of hydrogen-bond donors (Lipinski definition) is 1. The summed E-state index contributed by atoms with van der Waals surface area (Å²) in [6, 6.07) is 15.4. The van der Waals surface area contributed by atoms with Crippen LogP contribution in [0, 0.1) is 0 Å². The Morgan fingerprint density at radius 1 is 1.00 bits per heavy atom. The molecule has 1 unspecified atom stereocenters. The molecule has 1 aliphatic rings. The maximum Gasteiger partial charge on any atom is 0.416 e. The maximum atomic E-state index is 12.9. The van der Waals surface area contributed by atoms with Gasteiger partial charge in [0.25, 0.3) is 5.91 Å². The van der Waals surface area contributed by atoms with Crippen LogP contribution in [0.15, 0.2) is 60.7 Å². The van der Waals surface area contributed by atoms with E-state index in [0.29, 0.717) is 11.4 Å². The van der Waals surface area contributed by atoms with Crippen molar-refractivity contribution in [3.8, 4) is 17.0 Å². The van der Waals surface area contributed by atoms with E-state index < -0.39 is 23.8 Å². The Balaban J connectivity index is 1.34. The zero-order chi connectivity index (χ0) is 25.0. The average Bonchev–Trinajstić information content (AvgIpc) is 2.85. The Labute approximate surface area is 201 Å². The van der Waals surface area contributed by atoms with E-state index in [0.717, 1.165) is 49.7 Å². The molecule has 2 aromatic carbocycles. The fourth-order valence-corrected chi connectivity index (χ4v) is 3.65. The first-order valence-corrected chi connectivity index (χ1v) is 11.2. The van der Waals surface area contributed by atoms with Gasteiger partial charge in [-0.2, -0.15) is 13.2 Å². The summed E-state index contributed by atoms with van der Waals surface area (Å²) in [4.78, 5) is 17.0. The first kappa shape index (κ1) is 24.5. The number of aromatic nitrogens is 2. The van der Waals surface area contributed by atoms with Crippen molar-refractivity contribution in [2.75, 3.05) is 43.4 Å². The molecule has 35 heavy (non-hydrogen) atoms. The summed E-state index contributed by atoms with van der Waals surface area (Å²) in [5, 5.41) is 11.4. The minimum atomic E-state index is -4.48. The summed E-state index contributed by atoms with van der Waals surface area (Å²) in [7, 11) is 2.10. The van der Waals surface area contributed by atoms with Crippen LogP contribution in [0.25, 0.3) is 11.3 Å². The van der Waals surface area contributed by atoms with Gasteiger partial charge in [-0.1, -0.05) is 18.2 Å². The number of carbonyl (C=O) groups is 1. The Morgan fingerprint density at radius 3 is 2.34 bits per heavy atom. The second-order valence-corrected chi connectivity index (χ2v) is 8.42. The number of nitrogens with one attached hydrogen (secondary N) is 1. The van der Waals surface area contributed by atoms with Crippen molar-refractivity contribution in [2.24, 2.45) is 0 Å². The number of carbonyl (C=O) groups excluding carboxylic acids is 1. The van der Waals surface area contributed by atoms with Crippen molar-refractivity contribution in [1.82, 2.24) is 15.1 Å². The second-order valence-electron chi connectivity index (χ2n) is 8.42. The molecule has 0 spiro atoms. The molecule has 4 rings (SSSR count). The molecule has 184 valence electrons. The molecule has 7 nitrogen and oxygen atoms in total. The van der Waals surface area contributed by atoms with Crippen molar-refractivity contribution in [2.45, 2.75) is 19.2 Å². The number of rotatable bonds is 6. The molecular weight excluding hydrogens is 459 g/mol. The van der Waals surface area contributed by atoms with E-state index in [9.17, 15) is 18.0 Å². The van der Waals surface area contributed by atoms with Crippen LogP contribution in [0.4, 0.5) is 24.7 Å². The topological polar surface area (TPSA) is 70.6 Å². The standard InChI is InChI=1S/C25H26F3N5O2/c1-17(35-21-5-3-4-19(16-21)25(26,27)28)24(34)29-20-8-6-18(7-9-20)22-10-11-23(31-30-22)33-14-12-32(2)13-15-33/h3-11,16-17H,12-15H2,1-2H3,(H,29,34). The Morgan fingerprint density at radius 2 is 1.71 bits per heavy atom. The Bertz CT molecular complexity index is 1150. The molecule has 0 saturated carbocycles. The third-order valence-electron chi connectivity index (χ3n) is 5.77. The van der Waals surface area contributed by atoms with Crippen LogP contribution in [-0.4, -0.2) is 60.3 Å². The molecule has 2 heterocycles. The van der Waals surface area contributed by atoms with Crippen molar-refractivity contribution in [1.29, 1.82) is 0 Å². The van der Waals surface area contributed by atoms with Gasteiger partial charge in [0.1, 0.15) is 5.75 Å². The highest BCUT2D eigenvalue weighted by Gasteiger charge is 2.31. The number of likely N-dealkylation sites (N-methyl/N-ethyl adjacent to an activating group) is 1. The van der Waals surface area contributed by atoms with Gasteiger partial charge in [-0.15, -0.1) is 10.2 Å². The van der Waals surface area contributed by atoms with E-state index in [1.54, 1.807) is 12.1 Å². The van der Waals surface area contributed by atoms with Crippen molar-refractivity contribution in [3.63, 3.8) is 0 Å². The molecule has 0 radical (unpaired) electrons. The van der Waals surface area contributed by atoms with Gasteiger partial charge in [0.15, 0.2) is 11.9 Å². The number of nitrogens with zero attached hydrogens (tertiary/aromatic N) is 4. The second kappa shape index (κ2) is 10.3. The van der Waals surface area contributed by atoms with Gasteiger partial charge in [-0.3, -0.25) is 4.79 Å². The Hall–Kier alpha value is -3.66. The number of alkyl halides is 3. The number of ether oxygens (including phenoxy) is 1. The minimum Gasteiger partial charge on any atom is -0.481 e. The molecule has 1 N–H and O–H groups in total. The predicted molar refractivity (Wildman–Crippen MR) is 127 cm³/mol. The fourth-order valence-electron chi connectivity index (χ4n) is 3.65. The summed E-state index contributed by atoms with van der Waals surface area (Å²) in [5.74, 6) is 0.336. The fraction of sp³-hybridized carbons (Fsp3) is 0.320. The van der Waals surface area contributed by atoms with Crippen molar-refractivity contribution >= 4 is 17.4 Å². The monoisotopic (exact) mass is 485 g/mol. The van der Waals surface area contributed by atoms with Crippen LogP contribution in [-0.2, 0) is 11.0 Å². The third kappa shape index (κ3) is 6.27. The maximum absolute atomic E-state index is 12.9.